The molecule has 0 saturated carbocycles. The summed E-state index contributed by atoms with van der Waals surface area (Å²) in [6.45, 7) is 7.85. The van der Waals surface area contributed by atoms with Gasteiger partial charge in [0.1, 0.15) is 5.60 Å². The fourth-order valence-corrected chi connectivity index (χ4v) is 4.56. The Hall–Kier alpha value is -2.44. The maximum atomic E-state index is 12.5. The maximum absolute atomic E-state index is 12.5. The molecule has 1 saturated heterocycles. The summed E-state index contributed by atoms with van der Waals surface area (Å²) in [5, 5.41) is 1.21. The van der Waals surface area contributed by atoms with Gasteiger partial charge in [0.2, 0.25) is 0 Å². The van der Waals surface area contributed by atoms with Crippen molar-refractivity contribution >= 4 is 40.3 Å². The Labute approximate surface area is 204 Å². The number of carbonyl (C=O) groups is 1. The average molecular weight is 490 g/mol. The molecule has 1 aromatic heterocycles. The van der Waals surface area contributed by atoms with Crippen molar-refractivity contribution in [1.82, 2.24) is 14.5 Å². The van der Waals surface area contributed by atoms with Gasteiger partial charge in [0.15, 0.2) is 0 Å². The van der Waals surface area contributed by atoms with Crippen molar-refractivity contribution in [2.75, 3.05) is 19.7 Å². The molecule has 6 nitrogen and oxygen atoms in total. The minimum atomic E-state index is -0.509. The van der Waals surface area contributed by atoms with Gasteiger partial charge >= 0.3 is 6.09 Å². The lowest BCUT2D eigenvalue weighted by atomic mass is 9.99. The van der Waals surface area contributed by atoms with E-state index < -0.39 is 5.60 Å². The van der Waals surface area contributed by atoms with Crippen LogP contribution in [0.3, 0.4) is 0 Å². The van der Waals surface area contributed by atoms with Gasteiger partial charge in [-0.15, -0.1) is 0 Å². The molecule has 8 heteroatoms. The number of piperidine rings is 1. The lowest BCUT2D eigenvalue weighted by Gasteiger charge is -2.33. The predicted molar refractivity (Wildman–Crippen MR) is 131 cm³/mol. The van der Waals surface area contributed by atoms with Crippen molar-refractivity contribution < 1.29 is 14.3 Å². The molecule has 0 aliphatic carbocycles. The first-order valence-electron chi connectivity index (χ1n) is 11.2. The Bertz CT molecular complexity index is 1120. The Balaban J connectivity index is 1.51. The number of carbonyl (C=O) groups excluding carboxylic acids is 1. The van der Waals surface area contributed by atoms with Crippen LogP contribution in [0.2, 0.25) is 10.0 Å². The topological polar surface area (TPSA) is 56.6 Å². The Morgan fingerprint density at radius 3 is 2.58 bits per heavy atom. The van der Waals surface area contributed by atoms with Gasteiger partial charge < -0.3 is 14.4 Å². The number of para-hydroxylation sites is 2. The molecule has 4 rings (SSSR count). The average Bonchev–Trinajstić information content (AvgIpc) is 3.11. The van der Waals surface area contributed by atoms with E-state index in [2.05, 4.69) is 0 Å². The van der Waals surface area contributed by atoms with Crippen LogP contribution in [0.1, 0.15) is 39.2 Å². The summed E-state index contributed by atoms with van der Waals surface area (Å²) in [6.07, 6.45) is 1.63. The summed E-state index contributed by atoms with van der Waals surface area (Å²) in [4.78, 5) is 19.0. The van der Waals surface area contributed by atoms with Gasteiger partial charge in [-0.05, 0) is 57.9 Å². The lowest BCUT2D eigenvalue weighted by Crippen LogP contribution is -2.44. The first-order chi connectivity index (χ1) is 15.7. The molecule has 2 aromatic carbocycles. The first kappa shape index (κ1) is 23.7. The quantitative estimate of drug-likeness (QED) is 0.414. The molecule has 1 atom stereocenters. The number of aromatic nitrogens is 2. The molecule has 0 N–H and O–H groups in total. The minimum Gasteiger partial charge on any atom is -0.464 e. The molecule has 0 spiro atoms. The van der Waals surface area contributed by atoms with E-state index in [4.69, 9.17) is 37.7 Å². The third-order valence-electron chi connectivity index (χ3n) is 5.62. The van der Waals surface area contributed by atoms with Crippen LogP contribution in [-0.4, -0.2) is 45.8 Å². The van der Waals surface area contributed by atoms with Crippen molar-refractivity contribution in [2.45, 2.75) is 45.8 Å². The molecular formula is C25H29Cl2N3O3. The smallest absolute Gasteiger partial charge is 0.410 e. The molecule has 176 valence electrons. The van der Waals surface area contributed by atoms with Crippen LogP contribution in [0.25, 0.3) is 11.0 Å². The van der Waals surface area contributed by atoms with Crippen LogP contribution in [-0.2, 0) is 11.3 Å². The fourth-order valence-electron chi connectivity index (χ4n) is 4.04. The van der Waals surface area contributed by atoms with E-state index in [0.29, 0.717) is 42.3 Å². The van der Waals surface area contributed by atoms with Crippen molar-refractivity contribution in [3.8, 4) is 6.01 Å². The van der Waals surface area contributed by atoms with Gasteiger partial charge in [0.25, 0.3) is 6.01 Å². The summed E-state index contributed by atoms with van der Waals surface area (Å²) in [5.74, 6) is 0.198. The van der Waals surface area contributed by atoms with E-state index in [0.717, 1.165) is 29.4 Å². The molecule has 0 unspecified atom stereocenters. The molecule has 1 amide bonds. The lowest BCUT2D eigenvalue weighted by molar-refractivity contribution is 0.0136. The van der Waals surface area contributed by atoms with Gasteiger partial charge in [0.05, 0.1) is 24.2 Å². The summed E-state index contributed by atoms with van der Waals surface area (Å²) >= 11 is 12.9. The standard InChI is InChI=1S/C25H29Cl2N3O3/c1-25(2,3)33-24(31)29-13-7-8-17(14-29)16-32-23-28-21-11-4-5-12-22(21)30(23)15-18-19(26)9-6-10-20(18)27/h4-6,9-12,17H,7-8,13-16H2,1-3H3/t17-/m1/s1. The van der Waals surface area contributed by atoms with Crippen molar-refractivity contribution in [3.63, 3.8) is 0 Å². The highest BCUT2D eigenvalue weighted by atomic mass is 35.5. The van der Waals surface area contributed by atoms with Gasteiger partial charge in [-0.3, -0.25) is 4.57 Å². The number of rotatable bonds is 5. The third-order valence-corrected chi connectivity index (χ3v) is 6.32. The highest BCUT2D eigenvalue weighted by Gasteiger charge is 2.28. The molecule has 1 fully saturated rings. The zero-order chi connectivity index (χ0) is 23.6. The molecule has 2 heterocycles. The normalized spacial score (nSPS) is 16.8. The number of ether oxygens (including phenoxy) is 2. The Kier molecular flexibility index (Phi) is 7.05. The van der Waals surface area contributed by atoms with Gasteiger partial charge in [-0.2, -0.15) is 4.98 Å². The second kappa shape index (κ2) is 9.82. The second-order valence-electron chi connectivity index (χ2n) is 9.42. The number of nitrogens with zero attached hydrogens (tertiary/aromatic N) is 3. The molecule has 0 radical (unpaired) electrons. The highest BCUT2D eigenvalue weighted by Crippen LogP contribution is 2.30. The monoisotopic (exact) mass is 489 g/mol. The van der Waals surface area contributed by atoms with E-state index in [1.54, 1.807) is 4.90 Å². The highest BCUT2D eigenvalue weighted by molar-refractivity contribution is 6.36. The van der Waals surface area contributed by atoms with E-state index in [-0.39, 0.29) is 12.0 Å². The van der Waals surface area contributed by atoms with E-state index in [1.807, 2.05) is 67.8 Å². The van der Waals surface area contributed by atoms with Crippen LogP contribution in [0.5, 0.6) is 6.01 Å². The van der Waals surface area contributed by atoms with Crippen LogP contribution in [0.4, 0.5) is 4.79 Å². The number of hydrogen-bond acceptors (Lipinski definition) is 4. The molecular weight excluding hydrogens is 461 g/mol. The fraction of sp³-hybridized carbons (Fsp3) is 0.440. The van der Waals surface area contributed by atoms with Gasteiger partial charge in [0, 0.05) is 34.6 Å². The third kappa shape index (κ3) is 5.74. The van der Waals surface area contributed by atoms with E-state index in [1.165, 1.54) is 0 Å². The second-order valence-corrected chi connectivity index (χ2v) is 10.2. The summed E-state index contributed by atoms with van der Waals surface area (Å²) in [6, 6.07) is 13.9. The van der Waals surface area contributed by atoms with Crippen molar-refractivity contribution in [1.29, 1.82) is 0 Å². The number of halogens is 2. The Morgan fingerprint density at radius 2 is 1.85 bits per heavy atom. The Morgan fingerprint density at radius 1 is 1.12 bits per heavy atom. The molecule has 3 aromatic rings. The summed E-state index contributed by atoms with van der Waals surface area (Å²) in [5.41, 5.74) is 2.10. The van der Waals surface area contributed by atoms with E-state index >= 15 is 0 Å². The SMILES string of the molecule is CC(C)(C)OC(=O)N1CCC[C@@H](COc2nc3ccccc3n2Cc2c(Cl)cccc2Cl)C1. The first-order valence-corrected chi connectivity index (χ1v) is 12.0. The van der Waals surface area contributed by atoms with Crippen molar-refractivity contribution in [3.05, 3.63) is 58.1 Å². The number of likely N-dealkylation sites (tertiary alicyclic amines) is 1. The van der Waals surface area contributed by atoms with Crippen LogP contribution >= 0.6 is 23.2 Å². The number of fused-ring (bicyclic) bond motifs is 1. The number of imidazole rings is 1. The maximum Gasteiger partial charge on any atom is 0.410 e. The molecule has 1 aliphatic rings. The summed E-state index contributed by atoms with van der Waals surface area (Å²) in [7, 11) is 0. The number of benzene rings is 2. The number of amides is 1. The number of hydrogen-bond donors (Lipinski definition) is 0. The van der Waals surface area contributed by atoms with Gasteiger partial charge in [-0.1, -0.05) is 41.4 Å². The zero-order valence-corrected chi connectivity index (χ0v) is 20.7. The molecule has 0 bridgehead atoms. The van der Waals surface area contributed by atoms with Crippen LogP contribution < -0.4 is 4.74 Å². The van der Waals surface area contributed by atoms with Crippen LogP contribution in [0.15, 0.2) is 42.5 Å². The van der Waals surface area contributed by atoms with Crippen LogP contribution in [0, 0.1) is 5.92 Å². The zero-order valence-electron chi connectivity index (χ0n) is 19.2. The largest absolute Gasteiger partial charge is 0.464 e. The van der Waals surface area contributed by atoms with Gasteiger partial charge in [-0.25, -0.2) is 4.79 Å². The molecule has 33 heavy (non-hydrogen) atoms. The summed E-state index contributed by atoms with van der Waals surface area (Å²) < 4.78 is 13.8. The van der Waals surface area contributed by atoms with E-state index in [9.17, 15) is 4.79 Å². The minimum absolute atomic E-state index is 0.198. The molecule has 1 aliphatic heterocycles. The predicted octanol–water partition coefficient (Wildman–Crippen LogP) is 6.42. The van der Waals surface area contributed by atoms with Crippen molar-refractivity contribution in [2.24, 2.45) is 5.92 Å².